The van der Waals surface area contributed by atoms with E-state index in [2.05, 4.69) is 10.6 Å². The van der Waals surface area contributed by atoms with Crippen molar-refractivity contribution in [3.63, 3.8) is 0 Å². The van der Waals surface area contributed by atoms with Crippen LogP contribution < -0.4 is 25.8 Å². The third kappa shape index (κ3) is 6.63. The monoisotopic (exact) mass is 371 g/mol. The number of methoxy groups -OCH3 is 1. The lowest BCUT2D eigenvalue weighted by atomic mass is 10.1. The van der Waals surface area contributed by atoms with Gasteiger partial charge in [0.1, 0.15) is 0 Å². The van der Waals surface area contributed by atoms with Gasteiger partial charge >= 0.3 is 0 Å². The second-order valence-corrected chi connectivity index (χ2v) is 5.81. The maximum absolute atomic E-state index is 12.0. The summed E-state index contributed by atoms with van der Waals surface area (Å²) in [5.74, 6) is 0.708. The van der Waals surface area contributed by atoms with Gasteiger partial charge in [-0.1, -0.05) is 24.3 Å². The zero-order chi connectivity index (χ0) is 19.5. The molecule has 0 aromatic heterocycles. The third-order valence-corrected chi connectivity index (χ3v) is 3.80. The molecule has 7 nitrogen and oxygen atoms in total. The lowest BCUT2D eigenvalue weighted by Gasteiger charge is -2.11. The Labute approximate surface area is 158 Å². The summed E-state index contributed by atoms with van der Waals surface area (Å²) < 4.78 is 10.6. The van der Waals surface area contributed by atoms with E-state index in [1.54, 1.807) is 43.5 Å². The number of hydrogen-bond acceptors (Lipinski definition) is 5. The number of ether oxygens (including phenoxy) is 2. The first-order valence-corrected chi connectivity index (χ1v) is 8.73. The van der Waals surface area contributed by atoms with Gasteiger partial charge in [0.05, 0.1) is 7.11 Å². The van der Waals surface area contributed by atoms with Crippen LogP contribution in [0.25, 0.3) is 0 Å². The van der Waals surface area contributed by atoms with Gasteiger partial charge in [0.15, 0.2) is 18.1 Å². The Balaban J connectivity index is 1.77. The molecule has 4 N–H and O–H groups in total. The molecule has 0 aliphatic heterocycles. The lowest BCUT2D eigenvalue weighted by Crippen LogP contribution is -2.28. The summed E-state index contributed by atoms with van der Waals surface area (Å²) >= 11 is 0. The smallest absolute Gasteiger partial charge is 0.258 e. The van der Waals surface area contributed by atoms with E-state index < -0.39 is 0 Å². The molecule has 144 valence electrons. The summed E-state index contributed by atoms with van der Waals surface area (Å²) in [5, 5.41) is 5.57. The van der Waals surface area contributed by atoms with E-state index in [1.165, 1.54) is 0 Å². The molecule has 0 fully saturated rings. The molecule has 7 heteroatoms. The van der Waals surface area contributed by atoms with Gasteiger partial charge in [0.2, 0.25) is 0 Å². The highest BCUT2D eigenvalue weighted by Crippen LogP contribution is 2.25. The largest absolute Gasteiger partial charge is 0.493 e. The summed E-state index contributed by atoms with van der Waals surface area (Å²) in [7, 11) is 1.55. The van der Waals surface area contributed by atoms with Crippen molar-refractivity contribution in [3.8, 4) is 11.5 Å². The fraction of sp³-hybridized carbons (Fsp3) is 0.300. The van der Waals surface area contributed by atoms with Crippen LogP contribution in [0.5, 0.6) is 11.5 Å². The highest BCUT2D eigenvalue weighted by Gasteiger charge is 2.08. The van der Waals surface area contributed by atoms with Crippen LogP contribution in [-0.4, -0.2) is 38.6 Å². The van der Waals surface area contributed by atoms with Gasteiger partial charge in [-0.05, 0) is 42.8 Å². The molecule has 0 unspecified atom stereocenters. The van der Waals surface area contributed by atoms with Crippen molar-refractivity contribution in [3.05, 3.63) is 59.7 Å². The Hall–Kier alpha value is -3.06. The molecule has 0 heterocycles. The van der Waals surface area contributed by atoms with E-state index in [1.807, 2.05) is 12.1 Å². The van der Waals surface area contributed by atoms with Gasteiger partial charge in [0.25, 0.3) is 11.8 Å². The molecular formula is C20H25N3O4. The van der Waals surface area contributed by atoms with Crippen molar-refractivity contribution in [2.45, 2.75) is 13.0 Å². The highest BCUT2D eigenvalue weighted by molar-refractivity contribution is 5.94. The van der Waals surface area contributed by atoms with Gasteiger partial charge in [0, 0.05) is 18.7 Å². The SMILES string of the molecule is COc1ccccc1OCC(=O)NCc1ccc(C(=O)NCCCN)cc1. The molecule has 0 saturated carbocycles. The van der Waals surface area contributed by atoms with E-state index in [-0.39, 0.29) is 18.4 Å². The van der Waals surface area contributed by atoms with E-state index >= 15 is 0 Å². The summed E-state index contributed by atoms with van der Waals surface area (Å²) in [6.45, 7) is 1.34. The zero-order valence-corrected chi connectivity index (χ0v) is 15.4. The fourth-order valence-electron chi connectivity index (χ4n) is 2.31. The molecule has 0 aliphatic rings. The predicted molar refractivity (Wildman–Crippen MR) is 103 cm³/mol. The Morgan fingerprint density at radius 3 is 2.37 bits per heavy atom. The third-order valence-electron chi connectivity index (χ3n) is 3.80. The number of carbonyl (C=O) groups excluding carboxylic acids is 2. The van der Waals surface area contributed by atoms with Crippen molar-refractivity contribution >= 4 is 11.8 Å². The van der Waals surface area contributed by atoms with Crippen molar-refractivity contribution < 1.29 is 19.1 Å². The summed E-state index contributed by atoms with van der Waals surface area (Å²) in [5.41, 5.74) is 6.86. The molecule has 2 aromatic carbocycles. The minimum atomic E-state index is -0.246. The first kappa shape index (κ1) is 20.3. The van der Waals surface area contributed by atoms with Crippen molar-refractivity contribution in [1.29, 1.82) is 0 Å². The van der Waals surface area contributed by atoms with Crippen LogP contribution in [0.1, 0.15) is 22.3 Å². The molecule has 0 aliphatic carbocycles. The Morgan fingerprint density at radius 1 is 1.00 bits per heavy atom. The van der Waals surface area contributed by atoms with Gasteiger partial charge in [-0.3, -0.25) is 9.59 Å². The molecule has 0 spiro atoms. The van der Waals surface area contributed by atoms with E-state index in [0.717, 1.165) is 12.0 Å². The molecule has 0 atom stereocenters. The van der Waals surface area contributed by atoms with Gasteiger partial charge in [-0.15, -0.1) is 0 Å². The number of carbonyl (C=O) groups is 2. The fourth-order valence-corrected chi connectivity index (χ4v) is 2.31. The Morgan fingerprint density at radius 2 is 1.70 bits per heavy atom. The summed E-state index contributed by atoms with van der Waals surface area (Å²) in [6, 6.07) is 14.2. The summed E-state index contributed by atoms with van der Waals surface area (Å²) in [4.78, 5) is 23.9. The quantitative estimate of drug-likeness (QED) is 0.549. The number of nitrogens with two attached hydrogens (primary N) is 1. The number of benzene rings is 2. The first-order chi connectivity index (χ1) is 13.1. The van der Waals surface area contributed by atoms with Crippen LogP contribution in [0.4, 0.5) is 0 Å². The van der Waals surface area contributed by atoms with Gasteiger partial charge < -0.3 is 25.8 Å². The zero-order valence-electron chi connectivity index (χ0n) is 15.4. The minimum Gasteiger partial charge on any atom is -0.493 e. The van der Waals surface area contributed by atoms with Crippen LogP contribution >= 0.6 is 0 Å². The molecular weight excluding hydrogens is 346 g/mol. The summed E-state index contributed by atoms with van der Waals surface area (Å²) in [6.07, 6.45) is 0.743. The van der Waals surface area contributed by atoms with E-state index in [4.69, 9.17) is 15.2 Å². The van der Waals surface area contributed by atoms with Gasteiger partial charge in [-0.25, -0.2) is 0 Å². The van der Waals surface area contributed by atoms with Crippen LogP contribution in [0.3, 0.4) is 0 Å². The van der Waals surface area contributed by atoms with Gasteiger partial charge in [-0.2, -0.15) is 0 Å². The second-order valence-electron chi connectivity index (χ2n) is 5.81. The van der Waals surface area contributed by atoms with Crippen LogP contribution in [0.2, 0.25) is 0 Å². The normalized spacial score (nSPS) is 10.1. The maximum Gasteiger partial charge on any atom is 0.258 e. The topological polar surface area (TPSA) is 103 Å². The number of nitrogens with one attached hydrogen (secondary N) is 2. The second kappa shape index (κ2) is 10.8. The van der Waals surface area contributed by atoms with Crippen molar-refractivity contribution in [2.24, 2.45) is 5.73 Å². The van der Waals surface area contributed by atoms with Crippen molar-refractivity contribution in [2.75, 3.05) is 26.8 Å². The number of amides is 2. The predicted octanol–water partition coefficient (Wildman–Crippen LogP) is 1.47. The van der Waals surface area contributed by atoms with Crippen molar-refractivity contribution in [1.82, 2.24) is 10.6 Å². The average molecular weight is 371 g/mol. The number of rotatable bonds is 10. The maximum atomic E-state index is 12.0. The van der Waals surface area contributed by atoms with E-state index in [0.29, 0.717) is 36.7 Å². The first-order valence-electron chi connectivity index (χ1n) is 8.73. The molecule has 2 amide bonds. The molecule has 27 heavy (non-hydrogen) atoms. The Kier molecular flexibility index (Phi) is 8.12. The number of hydrogen-bond donors (Lipinski definition) is 3. The standard InChI is InChI=1S/C20H25N3O4/c1-26-17-5-2-3-6-18(17)27-14-19(24)23-13-15-7-9-16(10-8-15)20(25)22-12-4-11-21/h2-3,5-10H,4,11-14,21H2,1H3,(H,22,25)(H,23,24). The molecule has 0 radical (unpaired) electrons. The van der Waals surface area contributed by atoms with Crippen LogP contribution in [-0.2, 0) is 11.3 Å². The Bertz CT molecular complexity index is 747. The number of para-hydroxylation sites is 2. The van der Waals surface area contributed by atoms with E-state index in [9.17, 15) is 9.59 Å². The lowest BCUT2D eigenvalue weighted by molar-refractivity contribution is -0.123. The van der Waals surface area contributed by atoms with Crippen LogP contribution in [0, 0.1) is 0 Å². The molecule has 2 aromatic rings. The highest BCUT2D eigenvalue weighted by atomic mass is 16.5. The van der Waals surface area contributed by atoms with Crippen LogP contribution in [0.15, 0.2) is 48.5 Å². The minimum absolute atomic E-state index is 0.109. The molecule has 2 rings (SSSR count). The molecule has 0 bridgehead atoms. The average Bonchev–Trinajstić information content (AvgIpc) is 2.71. The molecule has 0 saturated heterocycles.